The number of rotatable bonds is 5. The molecule has 18 heavy (non-hydrogen) atoms. The summed E-state index contributed by atoms with van der Waals surface area (Å²) in [5.41, 5.74) is 2.50. The van der Waals surface area contributed by atoms with Crippen LogP contribution in [0.1, 0.15) is 36.6 Å². The van der Waals surface area contributed by atoms with Crippen LogP contribution in [0.3, 0.4) is 0 Å². The van der Waals surface area contributed by atoms with Gasteiger partial charge in [-0.05, 0) is 71.5 Å². The van der Waals surface area contributed by atoms with Gasteiger partial charge >= 0.3 is 0 Å². The van der Waals surface area contributed by atoms with E-state index in [1.54, 1.807) is 0 Å². The van der Waals surface area contributed by atoms with Crippen LogP contribution in [0, 0.1) is 6.92 Å². The molecule has 100 valence electrons. The highest BCUT2D eigenvalue weighted by atomic mass is 15.2. The van der Waals surface area contributed by atoms with Gasteiger partial charge in [-0.25, -0.2) is 0 Å². The molecule has 0 saturated carbocycles. The molecule has 0 N–H and O–H groups in total. The van der Waals surface area contributed by atoms with Crippen LogP contribution in [0.5, 0.6) is 0 Å². The van der Waals surface area contributed by atoms with E-state index in [1.807, 2.05) is 6.92 Å². The van der Waals surface area contributed by atoms with Crippen molar-refractivity contribution in [1.82, 2.24) is 14.8 Å². The maximum atomic E-state index is 4.43. The first-order valence-corrected chi connectivity index (χ1v) is 6.98. The van der Waals surface area contributed by atoms with Gasteiger partial charge in [-0.1, -0.05) is 6.07 Å². The Morgan fingerprint density at radius 1 is 1.39 bits per heavy atom. The molecule has 2 heterocycles. The van der Waals surface area contributed by atoms with E-state index in [0.29, 0.717) is 6.04 Å². The molecule has 0 unspecified atom stereocenters. The Morgan fingerprint density at radius 2 is 2.22 bits per heavy atom. The first kappa shape index (κ1) is 13.5. The van der Waals surface area contributed by atoms with Crippen LogP contribution in [0.2, 0.25) is 0 Å². The fraction of sp³-hybridized carbons (Fsp3) is 0.667. The third-order valence-corrected chi connectivity index (χ3v) is 3.73. The zero-order valence-electron chi connectivity index (χ0n) is 11.9. The van der Waals surface area contributed by atoms with Gasteiger partial charge in [0.25, 0.3) is 0 Å². The average molecular weight is 247 g/mol. The van der Waals surface area contributed by atoms with E-state index in [9.17, 15) is 0 Å². The van der Waals surface area contributed by atoms with Crippen molar-refractivity contribution in [3.63, 3.8) is 0 Å². The zero-order chi connectivity index (χ0) is 13.0. The second kappa shape index (κ2) is 6.30. The van der Waals surface area contributed by atoms with Crippen molar-refractivity contribution in [2.24, 2.45) is 0 Å². The fourth-order valence-electron chi connectivity index (χ4n) is 2.74. The molecule has 3 nitrogen and oxygen atoms in total. The summed E-state index contributed by atoms with van der Waals surface area (Å²) >= 11 is 0. The molecular weight excluding hydrogens is 222 g/mol. The largest absolute Gasteiger partial charge is 0.309 e. The normalized spacial score (nSPS) is 20.8. The number of hydrogen-bond acceptors (Lipinski definition) is 3. The van der Waals surface area contributed by atoms with Gasteiger partial charge in [0.1, 0.15) is 0 Å². The molecule has 1 aromatic rings. The van der Waals surface area contributed by atoms with E-state index in [1.165, 1.54) is 44.5 Å². The van der Waals surface area contributed by atoms with Gasteiger partial charge in [0.2, 0.25) is 0 Å². The molecule has 0 radical (unpaired) electrons. The van der Waals surface area contributed by atoms with Crippen LogP contribution in [-0.2, 0) is 0 Å². The highest BCUT2D eigenvalue weighted by Gasteiger charge is 2.25. The van der Waals surface area contributed by atoms with Crippen molar-refractivity contribution in [2.75, 3.05) is 33.7 Å². The van der Waals surface area contributed by atoms with Gasteiger partial charge in [0.05, 0.1) is 0 Å². The third kappa shape index (κ3) is 3.53. The Hall–Kier alpha value is -0.930. The van der Waals surface area contributed by atoms with Crippen molar-refractivity contribution >= 4 is 0 Å². The molecular formula is C15H25N3. The summed E-state index contributed by atoms with van der Waals surface area (Å²) in [6.45, 7) is 5.67. The number of aryl methyl sites for hydroxylation is 1. The zero-order valence-corrected chi connectivity index (χ0v) is 11.9. The SMILES string of the molecule is Cc1ccc([C@H]2CCCN2CCCN(C)C)cn1. The number of aromatic nitrogens is 1. The topological polar surface area (TPSA) is 19.4 Å². The summed E-state index contributed by atoms with van der Waals surface area (Å²) in [6, 6.07) is 4.98. The molecule has 0 spiro atoms. The number of likely N-dealkylation sites (tertiary alicyclic amines) is 1. The lowest BCUT2D eigenvalue weighted by molar-refractivity contribution is 0.240. The summed E-state index contributed by atoms with van der Waals surface area (Å²) in [5.74, 6) is 0. The van der Waals surface area contributed by atoms with Gasteiger partial charge in [-0.2, -0.15) is 0 Å². The molecule has 0 aromatic carbocycles. The summed E-state index contributed by atoms with van der Waals surface area (Å²) in [4.78, 5) is 9.32. The van der Waals surface area contributed by atoms with Crippen molar-refractivity contribution in [2.45, 2.75) is 32.2 Å². The van der Waals surface area contributed by atoms with E-state index in [2.05, 4.69) is 47.2 Å². The van der Waals surface area contributed by atoms with Gasteiger partial charge in [0, 0.05) is 17.9 Å². The summed E-state index contributed by atoms with van der Waals surface area (Å²) in [6.07, 6.45) is 5.92. The van der Waals surface area contributed by atoms with E-state index in [-0.39, 0.29) is 0 Å². The van der Waals surface area contributed by atoms with Crippen molar-refractivity contribution < 1.29 is 0 Å². The van der Waals surface area contributed by atoms with Crippen LogP contribution in [0.15, 0.2) is 18.3 Å². The molecule has 0 amide bonds. The van der Waals surface area contributed by atoms with Crippen LogP contribution < -0.4 is 0 Å². The molecule has 1 fully saturated rings. The Bertz CT molecular complexity index is 359. The van der Waals surface area contributed by atoms with E-state index in [0.717, 1.165) is 5.69 Å². The lowest BCUT2D eigenvalue weighted by Crippen LogP contribution is -2.27. The molecule has 1 aliphatic rings. The average Bonchev–Trinajstić information content (AvgIpc) is 2.78. The van der Waals surface area contributed by atoms with E-state index < -0.39 is 0 Å². The fourth-order valence-corrected chi connectivity index (χ4v) is 2.74. The predicted molar refractivity (Wildman–Crippen MR) is 75.7 cm³/mol. The number of pyridine rings is 1. The highest BCUT2D eigenvalue weighted by Crippen LogP contribution is 2.31. The minimum atomic E-state index is 0.597. The Kier molecular flexibility index (Phi) is 4.72. The van der Waals surface area contributed by atoms with Crippen molar-refractivity contribution in [3.8, 4) is 0 Å². The molecule has 0 bridgehead atoms. The monoisotopic (exact) mass is 247 g/mol. The Morgan fingerprint density at radius 3 is 2.89 bits per heavy atom. The van der Waals surface area contributed by atoms with Crippen molar-refractivity contribution in [1.29, 1.82) is 0 Å². The van der Waals surface area contributed by atoms with Crippen LogP contribution >= 0.6 is 0 Å². The molecule has 0 aliphatic carbocycles. The second-order valence-corrected chi connectivity index (χ2v) is 5.58. The molecule has 2 rings (SSSR count). The molecule has 1 aliphatic heterocycles. The van der Waals surface area contributed by atoms with Gasteiger partial charge in [-0.15, -0.1) is 0 Å². The molecule has 3 heteroatoms. The molecule has 1 aromatic heterocycles. The smallest absolute Gasteiger partial charge is 0.0372 e. The maximum Gasteiger partial charge on any atom is 0.0372 e. The third-order valence-electron chi connectivity index (χ3n) is 3.73. The maximum absolute atomic E-state index is 4.43. The Labute approximate surface area is 111 Å². The molecule has 1 saturated heterocycles. The second-order valence-electron chi connectivity index (χ2n) is 5.58. The summed E-state index contributed by atoms with van der Waals surface area (Å²) in [5, 5.41) is 0. The standard InChI is InChI=1S/C15H25N3/c1-13-7-8-14(12-16-13)15-6-4-10-18(15)11-5-9-17(2)3/h7-8,12,15H,4-6,9-11H2,1-3H3/t15-/m1/s1. The predicted octanol–water partition coefficient (Wildman–Crippen LogP) is 2.48. The summed E-state index contributed by atoms with van der Waals surface area (Å²) in [7, 11) is 4.29. The first-order chi connectivity index (χ1) is 8.66. The minimum absolute atomic E-state index is 0.597. The van der Waals surface area contributed by atoms with Crippen LogP contribution in [0.25, 0.3) is 0 Å². The van der Waals surface area contributed by atoms with E-state index in [4.69, 9.17) is 0 Å². The molecule has 1 atom stereocenters. The Balaban J connectivity index is 1.92. The highest BCUT2D eigenvalue weighted by molar-refractivity contribution is 5.18. The van der Waals surface area contributed by atoms with Crippen molar-refractivity contribution in [3.05, 3.63) is 29.6 Å². The summed E-state index contributed by atoms with van der Waals surface area (Å²) < 4.78 is 0. The first-order valence-electron chi connectivity index (χ1n) is 6.98. The van der Waals surface area contributed by atoms with E-state index >= 15 is 0 Å². The number of nitrogens with zero attached hydrogens (tertiary/aromatic N) is 3. The minimum Gasteiger partial charge on any atom is -0.309 e. The van der Waals surface area contributed by atoms with Crippen LogP contribution in [0.4, 0.5) is 0 Å². The number of hydrogen-bond donors (Lipinski definition) is 0. The van der Waals surface area contributed by atoms with Gasteiger partial charge in [0.15, 0.2) is 0 Å². The van der Waals surface area contributed by atoms with Gasteiger partial charge < -0.3 is 4.90 Å². The lowest BCUT2D eigenvalue weighted by atomic mass is 10.1. The quantitative estimate of drug-likeness (QED) is 0.797. The van der Waals surface area contributed by atoms with Crippen LogP contribution in [-0.4, -0.2) is 48.5 Å². The van der Waals surface area contributed by atoms with Gasteiger partial charge in [-0.3, -0.25) is 9.88 Å². The lowest BCUT2D eigenvalue weighted by Gasteiger charge is -2.25.